The van der Waals surface area contributed by atoms with E-state index in [2.05, 4.69) is 20.8 Å². The van der Waals surface area contributed by atoms with Crippen molar-refractivity contribution in [1.82, 2.24) is 0 Å². The van der Waals surface area contributed by atoms with Crippen LogP contribution < -0.4 is 0 Å². The van der Waals surface area contributed by atoms with E-state index in [0.717, 1.165) is 6.42 Å². The fourth-order valence-corrected chi connectivity index (χ4v) is 2.47. The standard InChI is InChI=1S/C10H21ClO3S/c1-9(8-15(11,12)13)7-14-6-5-10(2,3)4/h9H,5-8H2,1-4H3. The smallest absolute Gasteiger partial charge is 0.232 e. The average molecular weight is 257 g/mol. The van der Waals surface area contributed by atoms with Gasteiger partial charge in [0.05, 0.1) is 12.4 Å². The minimum Gasteiger partial charge on any atom is -0.381 e. The van der Waals surface area contributed by atoms with Crippen LogP contribution in [0, 0.1) is 11.3 Å². The predicted octanol–water partition coefficient (Wildman–Crippen LogP) is 2.64. The molecular weight excluding hydrogens is 236 g/mol. The van der Waals surface area contributed by atoms with Gasteiger partial charge in [0.1, 0.15) is 0 Å². The highest BCUT2D eigenvalue weighted by atomic mass is 35.7. The molecule has 0 fully saturated rings. The Morgan fingerprint density at radius 2 is 1.87 bits per heavy atom. The van der Waals surface area contributed by atoms with Crippen LogP contribution in [0.2, 0.25) is 0 Å². The molecule has 5 heteroatoms. The van der Waals surface area contributed by atoms with Gasteiger partial charge in [0.15, 0.2) is 0 Å². The van der Waals surface area contributed by atoms with Crippen molar-refractivity contribution in [2.24, 2.45) is 11.3 Å². The van der Waals surface area contributed by atoms with Gasteiger partial charge in [0.2, 0.25) is 9.05 Å². The zero-order valence-electron chi connectivity index (χ0n) is 9.92. The van der Waals surface area contributed by atoms with Crippen molar-refractivity contribution >= 4 is 19.7 Å². The Morgan fingerprint density at radius 1 is 1.33 bits per heavy atom. The van der Waals surface area contributed by atoms with E-state index in [9.17, 15) is 8.42 Å². The summed E-state index contributed by atoms with van der Waals surface area (Å²) in [6.45, 7) is 9.35. The Balaban J connectivity index is 3.61. The summed E-state index contributed by atoms with van der Waals surface area (Å²) in [4.78, 5) is 0. The maximum absolute atomic E-state index is 10.7. The SMILES string of the molecule is CC(COCCC(C)(C)C)CS(=O)(=O)Cl. The molecule has 0 saturated heterocycles. The lowest BCUT2D eigenvalue weighted by molar-refractivity contribution is 0.0889. The maximum atomic E-state index is 10.7. The van der Waals surface area contributed by atoms with Gasteiger partial charge in [-0.25, -0.2) is 8.42 Å². The Bertz CT molecular complexity index is 267. The monoisotopic (exact) mass is 256 g/mol. The minimum absolute atomic E-state index is 0.0237. The normalized spacial score (nSPS) is 15.3. The summed E-state index contributed by atoms with van der Waals surface area (Å²) in [6, 6.07) is 0. The van der Waals surface area contributed by atoms with Gasteiger partial charge in [-0.05, 0) is 17.8 Å². The van der Waals surface area contributed by atoms with Crippen LogP contribution in [-0.2, 0) is 13.8 Å². The molecule has 0 aromatic heterocycles. The molecule has 1 atom stereocenters. The molecule has 0 N–H and O–H groups in total. The van der Waals surface area contributed by atoms with Crippen molar-refractivity contribution in [2.75, 3.05) is 19.0 Å². The first-order valence-corrected chi connectivity index (χ1v) is 7.58. The van der Waals surface area contributed by atoms with Gasteiger partial charge < -0.3 is 4.74 Å². The van der Waals surface area contributed by atoms with Crippen LogP contribution in [0.4, 0.5) is 0 Å². The van der Waals surface area contributed by atoms with E-state index >= 15 is 0 Å². The molecule has 0 bridgehead atoms. The molecule has 0 radical (unpaired) electrons. The number of halogens is 1. The van der Waals surface area contributed by atoms with Gasteiger partial charge >= 0.3 is 0 Å². The summed E-state index contributed by atoms with van der Waals surface area (Å²) in [5, 5.41) is 0. The average Bonchev–Trinajstić information content (AvgIpc) is 1.92. The van der Waals surface area contributed by atoms with Gasteiger partial charge in [-0.1, -0.05) is 27.7 Å². The van der Waals surface area contributed by atoms with E-state index in [1.165, 1.54) is 0 Å². The lowest BCUT2D eigenvalue weighted by Crippen LogP contribution is -2.17. The molecule has 0 saturated carbocycles. The Morgan fingerprint density at radius 3 is 2.27 bits per heavy atom. The lowest BCUT2D eigenvalue weighted by Gasteiger charge is -2.18. The van der Waals surface area contributed by atoms with Crippen LogP contribution in [0.3, 0.4) is 0 Å². The summed E-state index contributed by atoms with van der Waals surface area (Å²) in [5.74, 6) is -0.0724. The van der Waals surface area contributed by atoms with E-state index in [0.29, 0.717) is 13.2 Å². The number of ether oxygens (including phenoxy) is 1. The van der Waals surface area contributed by atoms with Gasteiger partial charge in [-0.2, -0.15) is 0 Å². The molecule has 0 aliphatic heterocycles. The number of hydrogen-bond donors (Lipinski definition) is 0. The quantitative estimate of drug-likeness (QED) is 0.542. The van der Waals surface area contributed by atoms with E-state index in [1.807, 2.05) is 6.92 Å². The fourth-order valence-electron chi connectivity index (χ4n) is 1.05. The molecule has 0 spiro atoms. The summed E-state index contributed by atoms with van der Waals surface area (Å²) >= 11 is 0. The summed E-state index contributed by atoms with van der Waals surface area (Å²) in [7, 11) is 1.73. The molecule has 0 amide bonds. The highest BCUT2D eigenvalue weighted by molar-refractivity contribution is 8.13. The van der Waals surface area contributed by atoms with Crippen molar-refractivity contribution in [2.45, 2.75) is 34.1 Å². The van der Waals surface area contributed by atoms with Crippen molar-refractivity contribution in [3.63, 3.8) is 0 Å². The van der Waals surface area contributed by atoms with Crippen molar-refractivity contribution < 1.29 is 13.2 Å². The predicted molar refractivity (Wildman–Crippen MR) is 63.7 cm³/mol. The Hall–Kier alpha value is 0.200. The van der Waals surface area contributed by atoms with E-state index in [4.69, 9.17) is 15.4 Å². The van der Waals surface area contributed by atoms with Gasteiger partial charge in [0.25, 0.3) is 0 Å². The number of rotatable bonds is 6. The molecule has 0 aliphatic rings. The van der Waals surface area contributed by atoms with Crippen LogP contribution >= 0.6 is 10.7 Å². The largest absolute Gasteiger partial charge is 0.381 e. The first kappa shape index (κ1) is 15.2. The molecule has 92 valence electrons. The molecule has 0 heterocycles. The second kappa shape index (κ2) is 6.06. The van der Waals surface area contributed by atoms with Gasteiger partial charge in [0, 0.05) is 17.3 Å². The summed E-state index contributed by atoms with van der Waals surface area (Å²) < 4.78 is 26.9. The molecule has 0 rings (SSSR count). The highest BCUT2D eigenvalue weighted by Gasteiger charge is 2.14. The molecule has 3 nitrogen and oxygen atoms in total. The maximum Gasteiger partial charge on any atom is 0.232 e. The van der Waals surface area contributed by atoms with Gasteiger partial charge in [-0.15, -0.1) is 0 Å². The molecule has 1 unspecified atom stereocenters. The zero-order valence-corrected chi connectivity index (χ0v) is 11.5. The Kier molecular flexibility index (Phi) is 6.14. The minimum atomic E-state index is -3.40. The third kappa shape index (κ3) is 12.1. The first-order chi connectivity index (χ1) is 6.60. The van der Waals surface area contributed by atoms with Crippen LogP contribution in [0.5, 0.6) is 0 Å². The topological polar surface area (TPSA) is 43.4 Å². The molecular formula is C10H21ClO3S. The van der Waals surface area contributed by atoms with Crippen LogP contribution in [-0.4, -0.2) is 27.4 Å². The third-order valence-electron chi connectivity index (χ3n) is 1.88. The zero-order chi connectivity index (χ0) is 12.1. The van der Waals surface area contributed by atoms with Crippen LogP contribution in [0.25, 0.3) is 0 Å². The molecule has 0 aromatic carbocycles. The second-order valence-electron chi connectivity index (χ2n) is 5.20. The highest BCUT2D eigenvalue weighted by Crippen LogP contribution is 2.18. The molecule has 0 aromatic rings. The molecule has 0 aliphatic carbocycles. The van der Waals surface area contributed by atoms with E-state index in [-0.39, 0.29) is 17.1 Å². The van der Waals surface area contributed by atoms with E-state index in [1.54, 1.807) is 0 Å². The Labute approximate surface area is 97.6 Å². The third-order valence-corrected chi connectivity index (χ3v) is 3.23. The van der Waals surface area contributed by atoms with E-state index < -0.39 is 9.05 Å². The van der Waals surface area contributed by atoms with Gasteiger partial charge in [-0.3, -0.25) is 0 Å². The van der Waals surface area contributed by atoms with Crippen molar-refractivity contribution in [3.05, 3.63) is 0 Å². The fraction of sp³-hybridized carbons (Fsp3) is 1.00. The summed E-state index contributed by atoms with van der Waals surface area (Å²) in [6.07, 6.45) is 0.966. The molecule has 15 heavy (non-hydrogen) atoms. The second-order valence-corrected chi connectivity index (χ2v) is 8.02. The number of hydrogen-bond acceptors (Lipinski definition) is 3. The first-order valence-electron chi connectivity index (χ1n) is 5.10. The van der Waals surface area contributed by atoms with Crippen LogP contribution in [0.1, 0.15) is 34.1 Å². The lowest BCUT2D eigenvalue weighted by atomic mass is 9.93. The summed E-state index contributed by atoms with van der Waals surface area (Å²) in [5.41, 5.74) is 0.252. The van der Waals surface area contributed by atoms with Crippen molar-refractivity contribution in [1.29, 1.82) is 0 Å². The van der Waals surface area contributed by atoms with Crippen LogP contribution in [0.15, 0.2) is 0 Å². The van der Waals surface area contributed by atoms with Crippen molar-refractivity contribution in [3.8, 4) is 0 Å².